The third kappa shape index (κ3) is 5.86. The second-order valence-corrected chi connectivity index (χ2v) is 7.20. The van der Waals surface area contributed by atoms with E-state index in [-0.39, 0.29) is 11.5 Å². The van der Waals surface area contributed by atoms with Crippen LogP contribution in [0.1, 0.15) is 0 Å². The van der Waals surface area contributed by atoms with Gasteiger partial charge in [0.1, 0.15) is 17.4 Å². The predicted octanol–water partition coefficient (Wildman–Crippen LogP) is 0.246. The second-order valence-electron chi connectivity index (χ2n) is 7.20. The van der Waals surface area contributed by atoms with Gasteiger partial charge in [0.25, 0.3) is 5.91 Å². The van der Waals surface area contributed by atoms with Crippen LogP contribution < -0.4 is 20.3 Å². The second kappa shape index (κ2) is 10.7. The molecule has 1 aromatic carbocycles. The molecule has 8 heteroatoms. The molecular formula is C21H30N6O2. The Labute approximate surface area is 172 Å². The number of amides is 1. The summed E-state index contributed by atoms with van der Waals surface area (Å²) >= 11 is 0. The minimum absolute atomic E-state index is 0.163. The average Bonchev–Trinajstić information content (AvgIpc) is 2.78. The number of piperazine rings is 2. The summed E-state index contributed by atoms with van der Waals surface area (Å²) < 4.78 is 5.45. The van der Waals surface area contributed by atoms with E-state index in [0.29, 0.717) is 6.54 Å². The zero-order valence-electron chi connectivity index (χ0n) is 17.1. The molecule has 2 saturated heterocycles. The van der Waals surface area contributed by atoms with E-state index in [4.69, 9.17) is 4.74 Å². The fourth-order valence-electron chi connectivity index (χ4n) is 3.66. The Hall–Kier alpha value is -2.76. The molecular weight excluding hydrogens is 368 g/mol. The van der Waals surface area contributed by atoms with Gasteiger partial charge < -0.3 is 25.2 Å². The quantitative estimate of drug-likeness (QED) is 0.503. The third-order valence-electron chi connectivity index (χ3n) is 5.34. The van der Waals surface area contributed by atoms with Gasteiger partial charge >= 0.3 is 0 Å². The lowest BCUT2D eigenvalue weighted by Crippen LogP contribution is -2.46. The minimum atomic E-state index is -0.296. The Morgan fingerprint density at radius 3 is 2.62 bits per heavy atom. The summed E-state index contributed by atoms with van der Waals surface area (Å²) in [5.74, 6) is 0.563. The summed E-state index contributed by atoms with van der Waals surface area (Å²) in [4.78, 5) is 19.0. The summed E-state index contributed by atoms with van der Waals surface area (Å²) in [6.45, 7) is 8.43. The standard InChI is InChI=1S/C21H30N6O2/c1-29-20-5-3-2-4-19(20)27-14-12-26(13-15-27)17-18(16-22)21(28)24-8-11-25-9-6-23-7-10-25/h2-5,17,23H,6-15H2,1H3,(H,24,28)/b18-17-. The Balaban J connectivity index is 1.48. The molecule has 0 radical (unpaired) electrons. The molecule has 2 N–H and O–H groups in total. The van der Waals surface area contributed by atoms with Crippen LogP contribution in [0.5, 0.6) is 5.75 Å². The number of benzene rings is 1. The van der Waals surface area contributed by atoms with E-state index in [1.807, 2.05) is 29.2 Å². The van der Waals surface area contributed by atoms with Crippen molar-refractivity contribution in [2.24, 2.45) is 0 Å². The van der Waals surface area contributed by atoms with Crippen molar-refractivity contribution in [3.8, 4) is 11.8 Å². The molecule has 0 saturated carbocycles. The van der Waals surface area contributed by atoms with Gasteiger partial charge in [-0.05, 0) is 12.1 Å². The first kappa shape index (κ1) is 21.0. The van der Waals surface area contributed by atoms with Gasteiger partial charge in [0.2, 0.25) is 0 Å². The van der Waals surface area contributed by atoms with Gasteiger partial charge in [-0.1, -0.05) is 12.1 Å². The highest BCUT2D eigenvalue weighted by Gasteiger charge is 2.19. The molecule has 2 fully saturated rings. The van der Waals surface area contributed by atoms with E-state index in [0.717, 1.165) is 70.3 Å². The molecule has 0 bridgehead atoms. The van der Waals surface area contributed by atoms with Crippen LogP contribution in [0.15, 0.2) is 36.0 Å². The van der Waals surface area contributed by atoms with Crippen molar-refractivity contribution in [2.45, 2.75) is 0 Å². The Bertz CT molecular complexity index is 746. The van der Waals surface area contributed by atoms with Crippen molar-refractivity contribution in [3.63, 3.8) is 0 Å². The molecule has 8 nitrogen and oxygen atoms in total. The summed E-state index contributed by atoms with van der Waals surface area (Å²) in [7, 11) is 1.68. The molecule has 0 aromatic heterocycles. The number of para-hydroxylation sites is 2. The highest BCUT2D eigenvalue weighted by Crippen LogP contribution is 2.28. The zero-order valence-corrected chi connectivity index (χ0v) is 17.1. The van der Waals surface area contributed by atoms with Crippen molar-refractivity contribution in [1.29, 1.82) is 5.26 Å². The Morgan fingerprint density at radius 2 is 1.93 bits per heavy atom. The van der Waals surface area contributed by atoms with Crippen LogP contribution in [-0.4, -0.2) is 88.3 Å². The van der Waals surface area contributed by atoms with Crippen molar-refractivity contribution in [2.75, 3.05) is 77.5 Å². The van der Waals surface area contributed by atoms with Gasteiger partial charge in [-0.25, -0.2) is 0 Å². The van der Waals surface area contributed by atoms with Crippen LogP contribution in [0.25, 0.3) is 0 Å². The van der Waals surface area contributed by atoms with Crippen LogP contribution >= 0.6 is 0 Å². The maximum Gasteiger partial charge on any atom is 0.263 e. The van der Waals surface area contributed by atoms with Crippen molar-refractivity contribution in [3.05, 3.63) is 36.0 Å². The first-order valence-electron chi connectivity index (χ1n) is 10.2. The maximum absolute atomic E-state index is 12.4. The summed E-state index contributed by atoms with van der Waals surface area (Å²) in [6, 6.07) is 10.0. The van der Waals surface area contributed by atoms with Crippen LogP contribution in [0.2, 0.25) is 0 Å². The molecule has 0 unspecified atom stereocenters. The van der Waals surface area contributed by atoms with Gasteiger partial charge in [0, 0.05) is 71.6 Å². The molecule has 156 valence electrons. The average molecular weight is 399 g/mol. The lowest BCUT2D eigenvalue weighted by Gasteiger charge is -2.36. The largest absolute Gasteiger partial charge is 0.495 e. The smallest absolute Gasteiger partial charge is 0.263 e. The number of methoxy groups -OCH3 is 1. The third-order valence-corrected chi connectivity index (χ3v) is 5.34. The molecule has 1 amide bonds. The molecule has 0 atom stereocenters. The van der Waals surface area contributed by atoms with Crippen LogP contribution in [0, 0.1) is 11.3 Å². The number of anilines is 1. The fourth-order valence-corrected chi connectivity index (χ4v) is 3.66. The summed E-state index contributed by atoms with van der Waals surface area (Å²) in [6.07, 6.45) is 1.69. The van der Waals surface area contributed by atoms with Crippen molar-refractivity contribution < 1.29 is 9.53 Å². The van der Waals surface area contributed by atoms with Gasteiger partial charge in [-0.15, -0.1) is 0 Å². The number of hydrogen-bond donors (Lipinski definition) is 2. The lowest BCUT2D eigenvalue weighted by molar-refractivity contribution is -0.117. The Morgan fingerprint density at radius 1 is 1.21 bits per heavy atom. The molecule has 2 aliphatic heterocycles. The number of nitriles is 1. The Kier molecular flexibility index (Phi) is 7.73. The lowest BCUT2D eigenvalue weighted by atomic mass is 10.2. The molecule has 0 aliphatic carbocycles. The number of nitrogens with one attached hydrogen (secondary N) is 2. The van der Waals surface area contributed by atoms with E-state index in [1.54, 1.807) is 13.3 Å². The topological polar surface area (TPSA) is 83.9 Å². The molecule has 3 rings (SSSR count). The van der Waals surface area contributed by atoms with E-state index in [1.165, 1.54) is 0 Å². The maximum atomic E-state index is 12.4. The van der Waals surface area contributed by atoms with E-state index in [9.17, 15) is 10.1 Å². The first-order chi connectivity index (χ1) is 14.2. The first-order valence-corrected chi connectivity index (χ1v) is 10.2. The monoisotopic (exact) mass is 398 g/mol. The normalized spacial score (nSPS) is 18.3. The van der Waals surface area contributed by atoms with Crippen LogP contribution in [0.4, 0.5) is 5.69 Å². The van der Waals surface area contributed by atoms with E-state index < -0.39 is 0 Å². The number of rotatable bonds is 7. The SMILES string of the molecule is COc1ccccc1N1CCN(/C=C(/C#N)C(=O)NCCN2CCNCC2)CC1. The number of carbonyl (C=O) groups excluding carboxylic acids is 1. The van der Waals surface area contributed by atoms with Crippen molar-refractivity contribution in [1.82, 2.24) is 20.4 Å². The van der Waals surface area contributed by atoms with E-state index >= 15 is 0 Å². The van der Waals surface area contributed by atoms with Crippen LogP contribution in [0.3, 0.4) is 0 Å². The molecule has 2 aliphatic rings. The van der Waals surface area contributed by atoms with E-state index in [2.05, 4.69) is 26.5 Å². The van der Waals surface area contributed by atoms with Gasteiger partial charge in [0.15, 0.2) is 0 Å². The minimum Gasteiger partial charge on any atom is -0.495 e. The highest BCUT2D eigenvalue weighted by molar-refractivity contribution is 5.97. The van der Waals surface area contributed by atoms with Crippen molar-refractivity contribution >= 4 is 11.6 Å². The highest BCUT2D eigenvalue weighted by atomic mass is 16.5. The number of hydrogen-bond acceptors (Lipinski definition) is 7. The van der Waals surface area contributed by atoms with Gasteiger partial charge in [0.05, 0.1) is 12.8 Å². The summed E-state index contributed by atoms with van der Waals surface area (Å²) in [5, 5.41) is 15.6. The number of ether oxygens (including phenoxy) is 1. The predicted molar refractivity (Wildman–Crippen MR) is 113 cm³/mol. The number of carbonyl (C=O) groups is 1. The molecule has 29 heavy (non-hydrogen) atoms. The number of nitrogens with zero attached hydrogens (tertiary/aromatic N) is 4. The fraction of sp³-hybridized carbons (Fsp3) is 0.524. The van der Waals surface area contributed by atoms with Crippen LogP contribution in [-0.2, 0) is 4.79 Å². The molecule has 0 spiro atoms. The van der Waals surface area contributed by atoms with Gasteiger partial charge in [-0.2, -0.15) is 5.26 Å². The summed E-state index contributed by atoms with van der Waals surface area (Å²) in [5.41, 5.74) is 1.24. The van der Waals surface area contributed by atoms with Gasteiger partial charge in [-0.3, -0.25) is 9.69 Å². The molecule has 1 aromatic rings. The zero-order chi connectivity index (χ0) is 20.5. The molecule has 2 heterocycles.